The van der Waals surface area contributed by atoms with Gasteiger partial charge >= 0.3 is 0 Å². The first kappa shape index (κ1) is 79.6. The molecule has 3 aromatic heterocycles. The SMILES string of the molecule is CCCCCCCN[C@H](C(=O)C[C@@H]1CSCc2ccccc2CSC[C@H](C(=O)N[C@@H](Cc2ccccc2)C(=O)N[C@@H](Cc2cnc[nH]2)C(=O)CC(C(=O)N[C@@H](Cc2c[nH]c3ccccc23)C(=O)C[C@@H](Cc2cnc[nH]2)C(N)=O)[C@@H](C)CC)NC(=O)[C@H](C)CC(=O)[C@H](CC(N)=O)NC1=O)C(C)C. The number of nitrogens with zero attached hydrogens (tertiary/aromatic N) is 2. The van der Waals surface area contributed by atoms with Crippen molar-refractivity contribution in [1.29, 1.82) is 0 Å². The second-order valence-corrected chi connectivity index (χ2v) is 29.1. The number of ketones is 4. The average molecular weight is 1420 g/mol. The summed E-state index contributed by atoms with van der Waals surface area (Å²) in [6.45, 7) is 11.9. The standard InChI is InChI=1S/C75H101N13O11S2/c1-7-9-10-11-19-26-80-69(45(3)4)67(92)32-53-41-100-39-49-22-15-16-23-50(49)40-101-42-63(88-71(95)47(6)27-64(89)61(35-68(76)93)84-72(53)96)75(99)87-62(28-48-20-13-12-14-21-48)74(98)86-60(33-55-38-79-44-83-55)66(91)34-57(46(5)8-2)73(97)85-59(30-52-36-81-58-25-18-17-24-56(52)58)65(90)31-51(70(77)94)29-54-37-78-43-82-54/h12-18,20-25,36-38,43-47,51,53,57,59-63,69,80-81H,7-11,19,26-35,39-42H2,1-6H3,(H2,76,93)(H2,77,94)(H,78,82)(H,79,83)(H,84,96)(H,85,97)(H,86,98)(H,87,99)(H,88,95)/t46-,47+,51+,53+,57?,59-,60-,61-,62-,63+,69-/m0/s1. The van der Waals surface area contributed by atoms with E-state index < -0.39 is 144 Å². The molecular formula is C75H101N13O11S2. The summed E-state index contributed by atoms with van der Waals surface area (Å²) in [5, 5.41) is 18.6. The smallest absolute Gasteiger partial charge is 0.244 e. The number of nitrogens with two attached hydrogens (primary N) is 2. The maximum atomic E-state index is 15.2. The van der Waals surface area contributed by atoms with Crippen molar-refractivity contribution < 1.29 is 52.7 Å². The molecule has 11 atom stereocenters. The first-order valence-electron chi connectivity index (χ1n) is 35.2. The largest absolute Gasteiger partial charge is 0.370 e. The first-order valence-corrected chi connectivity index (χ1v) is 37.5. The lowest BCUT2D eigenvalue weighted by Crippen LogP contribution is -2.58. The zero-order chi connectivity index (χ0) is 73.0. The van der Waals surface area contributed by atoms with Gasteiger partial charge in [-0.2, -0.15) is 23.5 Å². The lowest BCUT2D eigenvalue weighted by atomic mass is 9.84. The number of aromatic amines is 3. The van der Waals surface area contributed by atoms with Gasteiger partial charge in [-0.1, -0.05) is 146 Å². The molecule has 1 aliphatic rings. The molecule has 6 aromatic rings. The van der Waals surface area contributed by atoms with E-state index in [0.717, 1.165) is 59.7 Å². The number of hydrogen-bond donors (Lipinski definition) is 11. The van der Waals surface area contributed by atoms with Gasteiger partial charge in [-0.05, 0) is 53.1 Å². The van der Waals surface area contributed by atoms with Gasteiger partial charge in [-0.25, -0.2) is 9.97 Å². The Morgan fingerprint density at radius 3 is 1.90 bits per heavy atom. The number of hydrogen-bond acceptors (Lipinski definition) is 16. The molecule has 7 amide bonds. The molecule has 3 aromatic carbocycles. The molecule has 0 bridgehead atoms. The van der Waals surface area contributed by atoms with Gasteiger partial charge in [0.25, 0.3) is 0 Å². The summed E-state index contributed by atoms with van der Waals surface area (Å²) >= 11 is 2.79. The van der Waals surface area contributed by atoms with Gasteiger partial charge in [0.1, 0.15) is 12.1 Å². The molecule has 0 spiro atoms. The van der Waals surface area contributed by atoms with Crippen LogP contribution < -0.4 is 43.4 Å². The number of carbonyl (C=O) groups is 11. The number of rotatable bonds is 36. The van der Waals surface area contributed by atoms with Crippen molar-refractivity contribution in [3.8, 4) is 0 Å². The Morgan fingerprint density at radius 1 is 0.634 bits per heavy atom. The molecule has 13 N–H and O–H groups in total. The topological polar surface area (TPSA) is 385 Å². The van der Waals surface area contributed by atoms with E-state index in [1.165, 1.54) is 55.5 Å². The van der Waals surface area contributed by atoms with Crippen molar-refractivity contribution in [2.75, 3.05) is 18.1 Å². The van der Waals surface area contributed by atoms with Crippen molar-refractivity contribution >= 4 is 98.9 Å². The molecule has 26 heteroatoms. The van der Waals surface area contributed by atoms with Crippen molar-refractivity contribution in [3.63, 3.8) is 0 Å². The van der Waals surface area contributed by atoms with Crippen LogP contribution in [-0.2, 0) is 89.9 Å². The Kier molecular flexibility index (Phi) is 32.0. The lowest BCUT2D eigenvalue weighted by Gasteiger charge is -2.28. The number of para-hydroxylation sites is 1. The first-order chi connectivity index (χ1) is 48.5. The zero-order valence-electron chi connectivity index (χ0n) is 58.8. The number of Topliss-reactive ketones (excluding diaryl/α,β-unsaturated/α-hetero) is 4. The third kappa shape index (κ3) is 25.1. The molecule has 101 heavy (non-hydrogen) atoms. The summed E-state index contributed by atoms with van der Waals surface area (Å²) in [5.41, 5.74) is 16.6. The summed E-state index contributed by atoms with van der Waals surface area (Å²) in [6, 6.07) is 16.9. The van der Waals surface area contributed by atoms with E-state index in [0.29, 0.717) is 41.4 Å². The molecule has 7 rings (SSSR count). The number of H-pyrrole nitrogens is 3. The number of amides is 7. The monoisotopic (exact) mass is 1420 g/mol. The molecule has 0 saturated heterocycles. The van der Waals surface area contributed by atoms with Crippen LogP contribution in [0.2, 0.25) is 0 Å². The van der Waals surface area contributed by atoms with E-state index in [2.05, 4.69) is 63.7 Å². The third-order valence-electron chi connectivity index (χ3n) is 18.8. The minimum absolute atomic E-state index is 0.0150. The fourth-order valence-electron chi connectivity index (χ4n) is 12.5. The average Bonchev–Trinajstić information content (AvgIpc) is 1.69. The summed E-state index contributed by atoms with van der Waals surface area (Å²) < 4.78 is 0. The Labute approximate surface area is 599 Å². The Balaban J connectivity index is 1.13. The van der Waals surface area contributed by atoms with Crippen LogP contribution in [0, 0.1) is 35.5 Å². The van der Waals surface area contributed by atoms with Crippen LogP contribution in [0.1, 0.15) is 146 Å². The number of primary amides is 2. The van der Waals surface area contributed by atoms with E-state index in [-0.39, 0.29) is 61.7 Å². The maximum absolute atomic E-state index is 15.2. The third-order valence-corrected chi connectivity index (χ3v) is 21.0. The molecule has 4 heterocycles. The van der Waals surface area contributed by atoms with E-state index in [9.17, 15) is 38.4 Å². The fourth-order valence-corrected chi connectivity index (χ4v) is 14.8. The molecule has 544 valence electrons. The summed E-state index contributed by atoms with van der Waals surface area (Å²) in [4.78, 5) is 175. The maximum Gasteiger partial charge on any atom is 0.244 e. The van der Waals surface area contributed by atoms with Gasteiger partial charge in [0.2, 0.25) is 41.4 Å². The van der Waals surface area contributed by atoms with Crippen molar-refractivity contribution in [2.45, 2.75) is 186 Å². The molecule has 1 unspecified atom stereocenters. The highest BCUT2D eigenvalue weighted by Gasteiger charge is 2.38. The number of nitrogens with one attached hydrogen (secondary N) is 9. The highest BCUT2D eigenvalue weighted by atomic mass is 32.2. The predicted octanol–water partition coefficient (Wildman–Crippen LogP) is 6.80. The number of fused-ring (bicyclic) bond motifs is 2. The molecule has 24 nitrogen and oxygen atoms in total. The molecule has 1 aliphatic heterocycles. The van der Waals surface area contributed by atoms with Crippen molar-refractivity contribution in [2.24, 2.45) is 47.0 Å². The number of thioether (sulfide) groups is 2. The highest BCUT2D eigenvalue weighted by molar-refractivity contribution is 7.98. The number of carbonyl (C=O) groups excluding carboxylic acids is 11. The van der Waals surface area contributed by atoms with Crippen LogP contribution in [0.4, 0.5) is 0 Å². The molecule has 0 radical (unpaired) electrons. The van der Waals surface area contributed by atoms with E-state index in [1.807, 2.05) is 76.2 Å². The Morgan fingerprint density at radius 2 is 1.26 bits per heavy atom. The second kappa shape index (κ2) is 40.6. The van der Waals surface area contributed by atoms with E-state index in [1.54, 1.807) is 36.5 Å². The molecule has 0 aliphatic carbocycles. The van der Waals surface area contributed by atoms with Crippen LogP contribution in [0.3, 0.4) is 0 Å². The van der Waals surface area contributed by atoms with Gasteiger partial charge in [0, 0.05) is 127 Å². The fraction of sp³-hybridized carbons (Fsp3) is 0.507. The van der Waals surface area contributed by atoms with Crippen LogP contribution >= 0.6 is 23.5 Å². The zero-order valence-corrected chi connectivity index (χ0v) is 60.5. The van der Waals surface area contributed by atoms with Crippen LogP contribution in [-0.4, -0.2) is 144 Å². The second-order valence-electron chi connectivity index (χ2n) is 27.1. The predicted molar refractivity (Wildman–Crippen MR) is 391 cm³/mol. The lowest BCUT2D eigenvalue weighted by molar-refractivity contribution is -0.136. The Hall–Kier alpha value is -8.75. The van der Waals surface area contributed by atoms with E-state index in [4.69, 9.17) is 11.5 Å². The highest BCUT2D eigenvalue weighted by Crippen LogP contribution is 2.28. The number of benzene rings is 3. The summed E-state index contributed by atoms with van der Waals surface area (Å²) in [7, 11) is 0. The number of imidazole rings is 2. The van der Waals surface area contributed by atoms with Gasteiger partial charge < -0.3 is 58.3 Å². The Bertz CT molecular complexity index is 3720. The van der Waals surface area contributed by atoms with Gasteiger partial charge in [0.05, 0.1) is 55.1 Å². The minimum Gasteiger partial charge on any atom is -0.370 e. The van der Waals surface area contributed by atoms with Crippen molar-refractivity contribution in [1.82, 2.24) is 56.8 Å². The normalized spacial score (nSPS) is 18.6. The van der Waals surface area contributed by atoms with Gasteiger partial charge in [0.15, 0.2) is 23.1 Å². The van der Waals surface area contributed by atoms with Crippen molar-refractivity contribution in [3.05, 3.63) is 144 Å². The van der Waals surface area contributed by atoms with E-state index >= 15 is 14.4 Å². The molecule has 0 fully saturated rings. The van der Waals surface area contributed by atoms with Gasteiger partial charge in [-0.3, -0.25) is 52.7 Å². The van der Waals surface area contributed by atoms with Gasteiger partial charge in [-0.15, -0.1) is 0 Å². The molecular weight excluding hydrogens is 1320 g/mol. The summed E-state index contributed by atoms with van der Waals surface area (Å²) in [5.74, 6) is -10.4. The van der Waals surface area contributed by atoms with Crippen LogP contribution in [0.15, 0.2) is 110 Å². The molecule has 0 saturated carbocycles. The minimum atomic E-state index is -1.44. The quantitative estimate of drug-likeness (QED) is 0.0180. The number of aromatic nitrogens is 5. The summed E-state index contributed by atoms with van der Waals surface area (Å²) in [6.07, 6.45) is 11.5. The van der Waals surface area contributed by atoms with Crippen LogP contribution in [0.5, 0.6) is 0 Å². The van der Waals surface area contributed by atoms with Crippen LogP contribution in [0.25, 0.3) is 10.9 Å². The number of unbranched alkanes of at least 4 members (excludes halogenated alkanes) is 4.